The SMILES string of the molecule is C[C@@H]1[C@@H]([Si](C)(C)F)[C@H](CCn2cc(CCO)nn2)O[C@@]12C(=O)N(Cc1ccccc1)c1ccc(N3CCOC3=O)cc12. The minimum absolute atomic E-state index is 0.0215. The van der Waals surface area contributed by atoms with Crippen LogP contribution in [0.2, 0.25) is 18.6 Å². The number of amides is 2. The third-order valence-corrected chi connectivity index (χ3v) is 11.3. The second-order valence-corrected chi connectivity index (χ2v) is 15.6. The summed E-state index contributed by atoms with van der Waals surface area (Å²) >= 11 is 0. The Morgan fingerprint density at radius 1 is 1.17 bits per heavy atom. The van der Waals surface area contributed by atoms with Gasteiger partial charge in [0.1, 0.15) is 6.61 Å². The molecule has 6 rings (SSSR count). The van der Waals surface area contributed by atoms with Crippen molar-refractivity contribution in [2.24, 2.45) is 5.92 Å². The number of aliphatic hydroxyl groups excluding tert-OH is 1. The van der Waals surface area contributed by atoms with Crippen LogP contribution in [0, 0.1) is 5.92 Å². The van der Waals surface area contributed by atoms with Gasteiger partial charge in [-0.05, 0) is 43.3 Å². The molecule has 0 saturated carbocycles. The zero-order valence-electron chi connectivity index (χ0n) is 24.1. The number of carbonyl (C=O) groups excluding carboxylic acids is 2. The van der Waals surface area contributed by atoms with Gasteiger partial charge >= 0.3 is 6.09 Å². The highest BCUT2D eigenvalue weighted by atomic mass is 28.4. The molecule has 222 valence electrons. The first-order valence-corrected chi connectivity index (χ1v) is 17.4. The van der Waals surface area contributed by atoms with Gasteiger partial charge in [-0.15, -0.1) is 5.10 Å². The largest absolute Gasteiger partial charge is 0.447 e. The number of anilines is 2. The number of ether oxygens (including phenoxy) is 2. The lowest BCUT2D eigenvalue weighted by atomic mass is 9.82. The summed E-state index contributed by atoms with van der Waals surface area (Å²) < 4.78 is 29.9. The maximum atomic E-state index is 16.2. The van der Waals surface area contributed by atoms with E-state index in [0.717, 1.165) is 5.56 Å². The molecular formula is C30H36FN5O5Si. The van der Waals surface area contributed by atoms with Crippen molar-refractivity contribution < 1.29 is 28.3 Å². The highest BCUT2D eigenvalue weighted by Crippen LogP contribution is 2.60. The number of aromatic nitrogens is 3. The fraction of sp³-hybridized carbons (Fsp3) is 0.467. The van der Waals surface area contributed by atoms with E-state index in [9.17, 15) is 14.7 Å². The van der Waals surface area contributed by atoms with E-state index in [-0.39, 0.29) is 12.5 Å². The maximum Gasteiger partial charge on any atom is 0.414 e. The lowest BCUT2D eigenvalue weighted by Gasteiger charge is -2.31. The number of hydrogen-bond acceptors (Lipinski definition) is 7. The van der Waals surface area contributed by atoms with Gasteiger partial charge in [-0.3, -0.25) is 14.4 Å². The minimum Gasteiger partial charge on any atom is -0.447 e. The van der Waals surface area contributed by atoms with Gasteiger partial charge in [0.2, 0.25) is 8.41 Å². The smallest absolute Gasteiger partial charge is 0.414 e. The molecule has 4 atom stereocenters. The molecule has 1 spiro atoms. The molecule has 1 N–H and O–H groups in total. The molecular weight excluding hydrogens is 557 g/mol. The monoisotopic (exact) mass is 593 g/mol. The Balaban J connectivity index is 1.40. The quantitative estimate of drug-likeness (QED) is 0.293. The number of halogens is 1. The van der Waals surface area contributed by atoms with E-state index in [2.05, 4.69) is 10.3 Å². The topological polar surface area (TPSA) is 110 Å². The van der Waals surface area contributed by atoms with Gasteiger partial charge in [-0.1, -0.05) is 42.5 Å². The van der Waals surface area contributed by atoms with E-state index in [0.29, 0.717) is 61.7 Å². The molecule has 0 bridgehead atoms. The minimum atomic E-state index is -3.35. The Morgan fingerprint density at radius 2 is 1.95 bits per heavy atom. The van der Waals surface area contributed by atoms with Crippen LogP contribution in [0.3, 0.4) is 0 Å². The first-order chi connectivity index (χ1) is 20.1. The number of rotatable bonds is 9. The fourth-order valence-electron chi connectivity index (χ4n) is 6.96. The summed E-state index contributed by atoms with van der Waals surface area (Å²) in [6.45, 7) is 6.74. The number of hydrogen-bond donors (Lipinski definition) is 1. The van der Waals surface area contributed by atoms with Crippen LogP contribution in [-0.2, 0) is 39.4 Å². The second kappa shape index (κ2) is 10.9. The van der Waals surface area contributed by atoms with Crippen molar-refractivity contribution in [1.29, 1.82) is 0 Å². The number of fused-ring (bicyclic) bond motifs is 2. The van der Waals surface area contributed by atoms with E-state index in [1.165, 1.54) is 0 Å². The molecule has 3 aliphatic rings. The molecule has 2 amide bonds. The van der Waals surface area contributed by atoms with Gasteiger partial charge in [0.15, 0.2) is 5.60 Å². The summed E-state index contributed by atoms with van der Waals surface area (Å²) in [6, 6.07) is 15.3. The van der Waals surface area contributed by atoms with Gasteiger partial charge in [-0.2, -0.15) is 0 Å². The Bertz CT molecular complexity index is 1480. The van der Waals surface area contributed by atoms with E-state index in [1.807, 2.05) is 55.5 Å². The summed E-state index contributed by atoms with van der Waals surface area (Å²) in [7, 11) is -3.35. The van der Waals surface area contributed by atoms with Crippen LogP contribution in [0.15, 0.2) is 54.7 Å². The molecule has 0 radical (unpaired) electrons. The Labute approximate surface area is 245 Å². The average molecular weight is 594 g/mol. The highest BCUT2D eigenvalue weighted by molar-refractivity contribution is 6.72. The highest BCUT2D eigenvalue weighted by Gasteiger charge is 2.66. The fourth-order valence-corrected chi connectivity index (χ4v) is 9.50. The van der Waals surface area contributed by atoms with Gasteiger partial charge in [-0.25, -0.2) is 4.79 Å². The summed E-state index contributed by atoms with van der Waals surface area (Å²) in [5.41, 5.74) is 1.75. The molecule has 0 aliphatic carbocycles. The van der Waals surface area contributed by atoms with Crippen molar-refractivity contribution in [2.45, 2.75) is 63.2 Å². The predicted octanol–water partition coefficient (Wildman–Crippen LogP) is 4.18. The van der Waals surface area contributed by atoms with Crippen LogP contribution in [-0.4, -0.2) is 66.4 Å². The molecule has 42 heavy (non-hydrogen) atoms. The van der Waals surface area contributed by atoms with E-state index < -0.39 is 37.7 Å². The van der Waals surface area contributed by atoms with Crippen LogP contribution < -0.4 is 9.80 Å². The standard InChI is InChI=1S/C30H36FN5O5Si/c1-20-27(42(2,3)31)26(11-13-34-19-22(12-15-37)32-33-34)41-30(20)24-17-23(35-14-16-40-29(35)39)9-10-25(24)36(28(30)38)18-21-7-5-4-6-8-21/h4-10,17,19-20,26-27,37H,11-16,18H2,1-3H3/t20-,26+,27-,30+/m1/s1. The number of carbonyl (C=O) groups is 2. The van der Waals surface area contributed by atoms with Crippen molar-refractivity contribution in [1.82, 2.24) is 15.0 Å². The third kappa shape index (κ3) is 4.80. The zero-order chi connectivity index (χ0) is 29.6. The van der Waals surface area contributed by atoms with Gasteiger partial charge in [0.25, 0.3) is 5.91 Å². The van der Waals surface area contributed by atoms with E-state index >= 15 is 4.11 Å². The average Bonchev–Trinajstić information content (AvgIpc) is 3.71. The molecule has 3 aromatic rings. The summed E-state index contributed by atoms with van der Waals surface area (Å²) in [5.74, 6) is -0.672. The third-order valence-electron chi connectivity index (χ3n) is 8.80. The van der Waals surface area contributed by atoms with E-state index in [4.69, 9.17) is 9.47 Å². The first-order valence-electron chi connectivity index (χ1n) is 14.4. The van der Waals surface area contributed by atoms with Gasteiger partial charge in [0.05, 0.1) is 30.6 Å². The van der Waals surface area contributed by atoms with Crippen molar-refractivity contribution in [3.63, 3.8) is 0 Å². The van der Waals surface area contributed by atoms with Crippen LogP contribution in [0.5, 0.6) is 0 Å². The molecule has 2 saturated heterocycles. The number of cyclic esters (lactones) is 1. The summed E-state index contributed by atoms with van der Waals surface area (Å²) in [4.78, 5) is 30.3. The van der Waals surface area contributed by atoms with Crippen LogP contribution in [0.1, 0.15) is 30.2 Å². The molecule has 12 heteroatoms. The predicted molar refractivity (Wildman–Crippen MR) is 156 cm³/mol. The molecule has 2 fully saturated rings. The molecule has 1 aromatic heterocycles. The summed E-state index contributed by atoms with van der Waals surface area (Å²) in [5, 5.41) is 17.5. The Hall–Kier alpha value is -3.61. The zero-order valence-corrected chi connectivity index (χ0v) is 25.1. The Morgan fingerprint density at radius 3 is 2.64 bits per heavy atom. The molecule has 3 aliphatic heterocycles. The molecule has 10 nitrogen and oxygen atoms in total. The lowest BCUT2D eigenvalue weighted by Crippen LogP contribution is -2.45. The lowest BCUT2D eigenvalue weighted by molar-refractivity contribution is -0.146. The van der Waals surface area contributed by atoms with Crippen molar-refractivity contribution in [3.8, 4) is 0 Å². The number of aliphatic hydroxyl groups is 1. The van der Waals surface area contributed by atoms with Crippen LogP contribution in [0.4, 0.5) is 20.3 Å². The normalized spacial score (nSPS) is 25.5. The maximum absolute atomic E-state index is 16.2. The Kier molecular flexibility index (Phi) is 7.40. The van der Waals surface area contributed by atoms with Gasteiger partial charge < -0.3 is 23.6 Å². The van der Waals surface area contributed by atoms with Gasteiger partial charge in [0, 0.05) is 48.5 Å². The van der Waals surface area contributed by atoms with Crippen LogP contribution >= 0.6 is 0 Å². The number of benzene rings is 2. The molecule has 4 heterocycles. The van der Waals surface area contributed by atoms with E-state index in [1.54, 1.807) is 33.8 Å². The summed E-state index contributed by atoms with van der Waals surface area (Å²) in [6.07, 6.45) is 1.65. The second-order valence-electron chi connectivity index (χ2n) is 11.9. The number of aryl methyl sites for hydroxylation is 1. The number of nitrogens with zero attached hydrogens (tertiary/aromatic N) is 5. The molecule has 0 unspecified atom stereocenters. The van der Waals surface area contributed by atoms with Crippen molar-refractivity contribution in [2.75, 3.05) is 29.6 Å². The van der Waals surface area contributed by atoms with Crippen LogP contribution in [0.25, 0.3) is 0 Å². The first kappa shape index (κ1) is 28.5. The van der Waals surface area contributed by atoms with Crippen molar-refractivity contribution in [3.05, 3.63) is 71.5 Å². The van der Waals surface area contributed by atoms with Crippen molar-refractivity contribution >= 4 is 31.8 Å². The molecule has 2 aromatic carbocycles.